The van der Waals surface area contributed by atoms with Crippen LogP contribution in [0.15, 0.2) is 66.4 Å². The van der Waals surface area contributed by atoms with Crippen molar-refractivity contribution in [2.45, 2.75) is 136 Å². The van der Waals surface area contributed by atoms with Gasteiger partial charge in [-0.2, -0.15) is 0 Å². The number of hydrogen-bond acceptors (Lipinski definition) is 1. The van der Waals surface area contributed by atoms with E-state index in [-0.39, 0.29) is 35.0 Å². The fourth-order valence-corrected chi connectivity index (χ4v) is 10.3. The summed E-state index contributed by atoms with van der Waals surface area (Å²) in [5.74, 6) is 0. The topological polar surface area (TPSA) is 50.7 Å². The minimum Gasteiger partial charge on any atom is -0.870 e. The van der Waals surface area contributed by atoms with E-state index in [0.29, 0.717) is 0 Å². The second kappa shape index (κ2) is 21.8. The number of hydrogen-bond donors (Lipinski definition) is 1. The first-order valence-corrected chi connectivity index (χ1v) is 22.8. The summed E-state index contributed by atoms with van der Waals surface area (Å²) in [7, 11) is 0. The first-order valence-electron chi connectivity index (χ1n) is 19.7. The van der Waals surface area contributed by atoms with Gasteiger partial charge in [-0.1, -0.05) is 162 Å². The summed E-state index contributed by atoms with van der Waals surface area (Å²) < 4.78 is 7.32. The fraction of sp³-hybridized carbons (Fsp3) is 0.467. The molecule has 0 unspecified atom stereocenters. The Bertz CT molecular complexity index is 1980. The Morgan fingerprint density at radius 3 is 1.15 bits per heavy atom. The molecule has 0 amide bonds. The summed E-state index contributed by atoms with van der Waals surface area (Å²) in [4.78, 5) is 3.52. The maximum absolute atomic E-state index is 3.74. The van der Waals surface area contributed by atoms with Crippen LogP contribution >= 0.6 is 63.7 Å². The van der Waals surface area contributed by atoms with E-state index in [1.54, 1.807) is 0 Å². The Hall–Kier alpha value is -0.640. The van der Waals surface area contributed by atoms with Gasteiger partial charge in [0.25, 0.3) is 0 Å². The van der Waals surface area contributed by atoms with E-state index in [0.717, 1.165) is 41.2 Å². The molecular formula is C45H55Br4N2NaO. The van der Waals surface area contributed by atoms with E-state index < -0.39 is 0 Å². The van der Waals surface area contributed by atoms with E-state index in [9.17, 15) is 0 Å². The van der Waals surface area contributed by atoms with Crippen LogP contribution in [0.1, 0.15) is 126 Å². The van der Waals surface area contributed by atoms with Crippen LogP contribution in [0.2, 0.25) is 0 Å². The molecule has 2 aromatic heterocycles. The van der Waals surface area contributed by atoms with Gasteiger partial charge in [-0.25, -0.2) is 0 Å². The van der Waals surface area contributed by atoms with Crippen molar-refractivity contribution in [3.63, 3.8) is 0 Å². The maximum atomic E-state index is 3.74. The summed E-state index contributed by atoms with van der Waals surface area (Å²) in [6.45, 7) is 7.93. The summed E-state index contributed by atoms with van der Waals surface area (Å²) in [5.41, 5.74) is 11.2. The van der Waals surface area contributed by atoms with Crippen LogP contribution in [0.25, 0.3) is 43.6 Å². The number of aryl methyl sites for hydroxylation is 5. The zero-order chi connectivity index (χ0) is 35.9. The number of nitrogens with zero attached hydrogens (tertiary/aromatic N) is 1. The number of H-pyrrole nitrogens is 1. The molecule has 53 heavy (non-hydrogen) atoms. The molecule has 280 valence electrons. The van der Waals surface area contributed by atoms with Crippen LogP contribution < -0.4 is 29.6 Å². The van der Waals surface area contributed by atoms with Crippen molar-refractivity contribution in [1.82, 2.24) is 9.55 Å². The van der Waals surface area contributed by atoms with Gasteiger partial charge >= 0.3 is 29.6 Å². The van der Waals surface area contributed by atoms with Crippen LogP contribution in [-0.4, -0.2) is 15.0 Å². The molecule has 0 bridgehead atoms. The molecule has 0 saturated carbocycles. The summed E-state index contributed by atoms with van der Waals surface area (Å²) in [5, 5.41) is 5.82. The van der Waals surface area contributed by atoms with Crippen LogP contribution in [0.4, 0.5) is 0 Å². The molecular weight excluding hydrogens is 927 g/mol. The average molecular weight is 983 g/mol. The third-order valence-electron chi connectivity index (χ3n) is 10.8. The number of halogens is 4. The maximum Gasteiger partial charge on any atom is 1.00 e. The molecule has 6 aromatic rings. The number of rotatable bonds is 13. The van der Waals surface area contributed by atoms with Crippen molar-refractivity contribution in [2.75, 3.05) is 0 Å². The Morgan fingerprint density at radius 2 is 0.774 bits per heavy atom. The molecule has 0 spiro atoms. The van der Waals surface area contributed by atoms with Gasteiger partial charge in [0.2, 0.25) is 0 Å². The van der Waals surface area contributed by atoms with Gasteiger partial charge in [0.05, 0.1) is 11.0 Å². The third kappa shape index (κ3) is 10.9. The van der Waals surface area contributed by atoms with Gasteiger partial charge in [0, 0.05) is 57.0 Å². The molecule has 4 aromatic carbocycles. The van der Waals surface area contributed by atoms with Crippen molar-refractivity contribution in [3.05, 3.63) is 88.7 Å². The molecule has 8 heteroatoms. The van der Waals surface area contributed by atoms with Gasteiger partial charge in [0.15, 0.2) is 0 Å². The summed E-state index contributed by atoms with van der Waals surface area (Å²) >= 11 is 14.7. The van der Waals surface area contributed by atoms with E-state index >= 15 is 0 Å². The van der Waals surface area contributed by atoms with Crippen molar-refractivity contribution in [1.29, 1.82) is 0 Å². The molecule has 2 aliphatic carbocycles. The zero-order valence-corrected chi connectivity index (χ0v) is 40.6. The van der Waals surface area contributed by atoms with Gasteiger partial charge in [-0.3, -0.25) is 0 Å². The predicted molar refractivity (Wildman–Crippen MR) is 240 cm³/mol. The fourth-order valence-electron chi connectivity index (χ4n) is 8.34. The van der Waals surface area contributed by atoms with Gasteiger partial charge in [-0.15, -0.1) is 0 Å². The molecule has 2 aliphatic rings. The third-order valence-corrected chi connectivity index (χ3v) is 12.6. The first-order chi connectivity index (χ1) is 24.8. The average Bonchev–Trinajstić information content (AvgIpc) is 3.63. The largest absolute Gasteiger partial charge is 1.00 e. The van der Waals surface area contributed by atoms with Gasteiger partial charge in [-0.05, 0) is 103 Å². The normalized spacial score (nSPS) is 12.5. The molecule has 2 heterocycles. The Morgan fingerprint density at radius 1 is 0.453 bits per heavy atom. The quantitative estimate of drug-likeness (QED) is 0.0910. The smallest absolute Gasteiger partial charge is 0.870 e. The second-order valence-corrected chi connectivity index (χ2v) is 18.4. The van der Waals surface area contributed by atoms with Crippen molar-refractivity contribution in [2.24, 2.45) is 0 Å². The molecule has 3 nitrogen and oxygen atoms in total. The minimum absolute atomic E-state index is 0. The second-order valence-electron chi connectivity index (χ2n) is 14.7. The molecule has 2 N–H and O–H groups in total. The van der Waals surface area contributed by atoms with Crippen molar-refractivity contribution < 1.29 is 35.0 Å². The minimum atomic E-state index is 0. The van der Waals surface area contributed by atoms with Crippen molar-refractivity contribution in [3.8, 4) is 0 Å². The van der Waals surface area contributed by atoms with Crippen LogP contribution in [-0.2, 0) is 32.2 Å². The monoisotopic (exact) mass is 978 g/mol. The number of aromatic nitrogens is 2. The molecule has 0 fully saturated rings. The Labute approximate surface area is 373 Å². The van der Waals surface area contributed by atoms with Crippen LogP contribution in [0.5, 0.6) is 0 Å². The number of benzene rings is 4. The van der Waals surface area contributed by atoms with Crippen molar-refractivity contribution >= 4 is 107 Å². The molecule has 0 saturated heterocycles. The first kappa shape index (κ1) is 45.1. The van der Waals surface area contributed by atoms with Crippen LogP contribution in [0.3, 0.4) is 0 Å². The number of unbranched alkanes of at least 4 members (excludes halogenated alkanes) is 11. The molecule has 0 atom stereocenters. The Kier molecular flexibility index (Phi) is 18.5. The van der Waals surface area contributed by atoms with E-state index in [1.807, 2.05) is 0 Å². The summed E-state index contributed by atoms with van der Waals surface area (Å²) in [6.07, 6.45) is 22.6. The van der Waals surface area contributed by atoms with Gasteiger partial charge < -0.3 is 15.0 Å². The Balaban J connectivity index is 0.000000195. The predicted octanol–water partition coefficient (Wildman–Crippen LogP) is 13.3. The summed E-state index contributed by atoms with van der Waals surface area (Å²) in [6, 6.07) is 18.1. The molecule has 8 rings (SSSR count). The van der Waals surface area contributed by atoms with Crippen LogP contribution in [0, 0.1) is 0 Å². The van der Waals surface area contributed by atoms with Gasteiger partial charge in [0.1, 0.15) is 0 Å². The number of aromatic amines is 1. The molecule has 0 aliphatic heterocycles. The van der Waals surface area contributed by atoms with E-state index in [2.05, 4.69) is 143 Å². The molecule has 0 radical (unpaired) electrons. The zero-order valence-electron chi connectivity index (χ0n) is 32.3. The number of nitrogens with one attached hydrogen (secondary N) is 1. The van der Waals surface area contributed by atoms with E-state index in [4.69, 9.17) is 0 Å². The van der Waals surface area contributed by atoms with E-state index in [1.165, 1.54) is 158 Å². The standard InChI is InChI=1S/C22H25Br2N.C14H9Br2N.C9H20.Na.H2O/c1-2-3-4-5-6-7-10-25-19-13-17(23)11-15-8-9-16-12-18(24)14-20(25)22(16)21(15)19;15-9-3-7-1-2-8-4-10(16)6-12-14(8)13(7)11(5-9)17-12;1-3-5-7-9-8-6-4-2;;/h11-14H,2-10H2,1H3;3-6,17H,1-2H2;3-9H2,1-2H3;;1H2/q;;;+1;/p-1. The SMILES string of the molecule is Brc1cc2c3c(c1)[nH]c1cc(Br)cc(c13)CC2.CCCCCCCCC.CCCCCCCCn1c2cc(Br)cc3c2c2c(cc(Br)cc21)CC3.[Na+].[OH-].